The van der Waals surface area contributed by atoms with Crippen molar-refractivity contribution in [1.82, 2.24) is 4.98 Å². The number of hydrogen-bond donors (Lipinski definition) is 2. The quantitative estimate of drug-likeness (QED) is 0.665. The molecule has 0 amide bonds. The standard InChI is InChI=1S/C13H14N2O.ClH/c1-8-11(9(2)16)12(14)13(15-8)10-6-4-3-5-7-10;/h3-7,15H,14H2,1-2H3;1H. The van der Waals surface area contributed by atoms with Crippen LogP contribution in [0, 0.1) is 6.92 Å². The van der Waals surface area contributed by atoms with Crippen LogP contribution in [0.25, 0.3) is 11.3 Å². The Morgan fingerprint density at radius 3 is 2.29 bits per heavy atom. The number of rotatable bonds is 2. The zero-order valence-corrected chi connectivity index (χ0v) is 10.6. The second-order valence-corrected chi connectivity index (χ2v) is 3.90. The van der Waals surface area contributed by atoms with Crippen molar-refractivity contribution in [2.75, 3.05) is 0 Å². The SMILES string of the molecule is CC(=O)c1c(C)[nH]c(-c2ccccc2)c1[NH3+].[Cl-]. The van der Waals surface area contributed by atoms with Crippen molar-refractivity contribution >= 4 is 11.5 Å². The lowest BCUT2D eigenvalue weighted by atomic mass is 10.1. The number of aromatic nitrogens is 1. The van der Waals surface area contributed by atoms with Gasteiger partial charge in [-0.2, -0.15) is 0 Å². The van der Waals surface area contributed by atoms with Gasteiger partial charge in [0.05, 0.1) is 5.56 Å². The molecule has 1 heterocycles. The molecule has 0 saturated carbocycles. The Kier molecular flexibility index (Phi) is 4.10. The van der Waals surface area contributed by atoms with E-state index in [0.29, 0.717) is 5.56 Å². The number of halogens is 1. The van der Waals surface area contributed by atoms with E-state index < -0.39 is 0 Å². The van der Waals surface area contributed by atoms with Crippen molar-refractivity contribution in [2.24, 2.45) is 0 Å². The van der Waals surface area contributed by atoms with Gasteiger partial charge in [0.25, 0.3) is 0 Å². The number of carbonyl (C=O) groups excluding carboxylic acids is 1. The fraction of sp³-hybridized carbons (Fsp3) is 0.154. The summed E-state index contributed by atoms with van der Waals surface area (Å²) in [5.74, 6) is 0.0564. The van der Waals surface area contributed by atoms with Gasteiger partial charge in [0, 0.05) is 11.3 Å². The first-order chi connectivity index (χ1) is 7.61. The Morgan fingerprint density at radius 1 is 1.24 bits per heavy atom. The van der Waals surface area contributed by atoms with Crippen LogP contribution < -0.4 is 18.1 Å². The summed E-state index contributed by atoms with van der Waals surface area (Å²) < 4.78 is 0. The van der Waals surface area contributed by atoms with Gasteiger partial charge >= 0.3 is 0 Å². The van der Waals surface area contributed by atoms with Crippen LogP contribution in [0.1, 0.15) is 23.0 Å². The summed E-state index contributed by atoms with van der Waals surface area (Å²) in [5, 5.41) is 0. The molecule has 1 aromatic carbocycles. The van der Waals surface area contributed by atoms with E-state index in [1.165, 1.54) is 0 Å². The third-order valence-electron chi connectivity index (χ3n) is 2.71. The van der Waals surface area contributed by atoms with E-state index in [0.717, 1.165) is 22.6 Å². The van der Waals surface area contributed by atoms with Gasteiger partial charge < -0.3 is 23.1 Å². The molecule has 0 aliphatic carbocycles. The average molecular weight is 251 g/mol. The second kappa shape index (κ2) is 5.17. The number of quaternary nitrogens is 1. The molecule has 0 unspecified atom stereocenters. The number of ketones is 1. The number of nitrogens with one attached hydrogen (secondary N) is 1. The third-order valence-corrected chi connectivity index (χ3v) is 2.71. The Morgan fingerprint density at radius 2 is 1.82 bits per heavy atom. The molecule has 4 N–H and O–H groups in total. The normalized spacial score (nSPS) is 9.82. The van der Waals surface area contributed by atoms with Gasteiger partial charge in [-0.25, -0.2) is 0 Å². The maximum atomic E-state index is 11.5. The fourth-order valence-corrected chi connectivity index (χ4v) is 2.00. The lowest BCUT2D eigenvalue weighted by molar-refractivity contribution is -0.254. The molecule has 17 heavy (non-hydrogen) atoms. The molecule has 0 atom stereocenters. The van der Waals surface area contributed by atoms with Gasteiger partial charge in [-0.05, 0) is 13.8 Å². The lowest BCUT2D eigenvalue weighted by Gasteiger charge is -1.97. The molecule has 1 aromatic heterocycles. The number of carbonyl (C=O) groups is 1. The first kappa shape index (κ1) is 13.5. The topological polar surface area (TPSA) is 60.5 Å². The van der Waals surface area contributed by atoms with Gasteiger partial charge in [0.1, 0.15) is 5.69 Å². The maximum absolute atomic E-state index is 11.5. The molecule has 0 fully saturated rings. The highest BCUT2D eigenvalue weighted by Gasteiger charge is 2.19. The molecular weight excluding hydrogens is 236 g/mol. The third kappa shape index (κ3) is 2.40. The summed E-state index contributed by atoms with van der Waals surface area (Å²) in [4.78, 5) is 14.7. The number of Topliss-reactive ketones (excluding diaryl/α,β-unsaturated/α-hetero) is 1. The molecule has 0 spiro atoms. The Hall–Kier alpha value is -1.58. The summed E-state index contributed by atoms with van der Waals surface area (Å²) >= 11 is 0. The smallest absolute Gasteiger partial charge is 0.167 e. The van der Waals surface area contributed by atoms with E-state index in [-0.39, 0.29) is 18.2 Å². The minimum absolute atomic E-state index is 0. The van der Waals surface area contributed by atoms with Crippen molar-refractivity contribution in [3.05, 3.63) is 41.6 Å². The maximum Gasteiger partial charge on any atom is 0.167 e. The number of hydrogen-bond acceptors (Lipinski definition) is 1. The summed E-state index contributed by atoms with van der Waals surface area (Å²) in [6, 6.07) is 9.92. The van der Waals surface area contributed by atoms with Gasteiger partial charge in [-0.1, -0.05) is 30.3 Å². The predicted octanol–water partition coefficient (Wildman–Crippen LogP) is -0.930. The molecule has 0 bridgehead atoms. The van der Waals surface area contributed by atoms with E-state index >= 15 is 0 Å². The number of H-pyrrole nitrogens is 1. The Bertz CT molecular complexity index is 532. The molecule has 3 nitrogen and oxygen atoms in total. The van der Waals surface area contributed by atoms with Gasteiger partial charge in [0.15, 0.2) is 11.5 Å². The van der Waals surface area contributed by atoms with Crippen molar-refractivity contribution in [3.63, 3.8) is 0 Å². The Balaban J connectivity index is 0.00000144. The van der Waals surface area contributed by atoms with Crippen molar-refractivity contribution in [2.45, 2.75) is 13.8 Å². The van der Waals surface area contributed by atoms with E-state index in [2.05, 4.69) is 10.7 Å². The molecule has 0 aliphatic rings. The number of benzene rings is 1. The summed E-state index contributed by atoms with van der Waals surface area (Å²) in [5.41, 5.74) is 8.36. The molecule has 0 aliphatic heterocycles. The summed E-state index contributed by atoms with van der Waals surface area (Å²) in [7, 11) is 0. The highest BCUT2D eigenvalue weighted by atomic mass is 35.5. The predicted molar refractivity (Wildman–Crippen MR) is 63.5 cm³/mol. The monoisotopic (exact) mass is 250 g/mol. The van der Waals surface area contributed by atoms with Crippen LogP contribution in [0.3, 0.4) is 0 Å². The van der Waals surface area contributed by atoms with Crippen LogP contribution in [0.5, 0.6) is 0 Å². The van der Waals surface area contributed by atoms with Crippen LogP contribution in [0.2, 0.25) is 0 Å². The lowest BCUT2D eigenvalue weighted by Crippen LogP contribution is -3.00. The molecular formula is C13H15ClN2O. The zero-order valence-electron chi connectivity index (χ0n) is 9.88. The van der Waals surface area contributed by atoms with Crippen LogP contribution >= 0.6 is 0 Å². The molecule has 90 valence electrons. The number of aryl methyl sites for hydroxylation is 1. The van der Waals surface area contributed by atoms with Crippen LogP contribution in [-0.2, 0) is 0 Å². The highest BCUT2D eigenvalue weighted by Crippen LogP contribution is 2.29. The van der Waals surface area contributed by atoms with E-state index in [1.807, 2.05) is 37.3 Å². The average Bonchev–Trinajstić information content (AvgIpc) is 2.55. The number of aromatic amines is 1. The van der Waals surface area contributed by atoms with Crippen molar-refractivity contribution in [1.29, 1.82) is 0 Å². The van der Waals surface area contributed by atoms with Crippen LogP contribution in [0.4, 0.5) is 5.69 Å². The minimum atomic E-state index is 0. The van der Waals surface area contributed by atoms with Crippen LogP contribution in [-0.4, -0.2) is 10.8 Å². The Labute approximate surface area is 106 Å². The van der Waals surface area contributed by atoms with Gasteiger partial charge in [-0.15, -0.1) is 0 Å². The van der Waals surface area contributed by atoms with Crippen molar-refractivity contribution < 1.29 is 22.9 Å². The first-order valence-electron chi connectivity index (χ1n) is 5.22. The summed E-state index contributed by atoms with van der Waals surface area (Å²) in [6.45, 7) is 3.47. The highest BCUT2D eigenvalue weighted by molar-refractivity contribution is 6.02. The molecule has 0 radical (unpaired) electrons. The van der Waals surface area contributed by atoms with Crippen molar-refractivity contribution in [3.8, 4) is 11.3 Å². The summed E-state index contributed by atoms with van der Waals surface area (Å²) in [6.07, 6.45) is 0. The van der Waals surface area contributed by atoms with E-state index in [9.17, 15) is 4.79 Å². The minimum Gasteiger partial charge on any atom is -1.00 e. The zero-order chi connectivity index (χ0) is 11.7. The molecule has 4 heteroatoms. The van der Waals surface area contributed by atoms with Crippen LogP contribution in [0.15, 0.2) is 30.3 Å². The van der Waals surface area contributed by atoms with E-state index in [1.54, 1.807) is 6.92 Å². The van der Waals surface area contributed by atoms with Gasteiger partial charge in [0.2, 0.25) is 0 Å². The molecule has 0 saturated heterocycles. The molecule has 2 aromatic rings. The molecule has 2 rings (SSSR count). The fourth-order valence-electron chi connectivity index (χ4n) is 2.00. The largest absolute Gasteiger partial charge is 1.00 e. The van der Waals surface area contributed by atoms with E-state index in [4.69, 9.17) is 0 Å². The first-order valence-corrected chi connectivity index (χ1v) is 5.22. The van der Waals surface area contributed by atoms with Gasteiger partial charge in [-0.3, -0.25) is 4.79 Å². The second-order valence-electron chi connectivity index (χ2n) is 3.90.